The lowest BCUT2D eigenvalue weighted by Gasteiger charge is -2.24. The fourth-order valence-corrected chi connectivity index (χ4v) is 3.36. The molecule has 0 bridgehead atoms. The van der Waals surface area contributed by atoms with Crippen LogP contribution in [0.2, 0.25) is 0 Å². The summed E-state index contributed by atoms with van der Waals surface area (Å²) in [4.78, 5) is 11.8. The van der Waals surface area contributed by atoms with Gasteiger partial charge in [-0.2, -0.15) is 5.26 Å². The number of hydrogen-bond donors (Lipinski definition) is 2. The fourth-order valence-electron chi connectivity index (χ4n) is 2.55. The van der Waals surface area contributed by atoms with Gasteiger partial charge in [-0.15, -0.1) is 11.3 Å². The number of carboxylic acids is 1. The van der Waals surface area contributed by atoms with E-state index in [-0.39, 0.29) is 10.4 Å². The molecule has 0 spiro atoms. The SMILES string of the molecule is CCCC(C)(N)c1ccc(/C=C(\C#N)c2ccc(C(=O)O)s2)cc1. The molecule has 0 aliphatic rings. The van der Waals surface area contributed by atoms with Gasteiger partial charge in [-0.05, 0) is 42.7 Å². The normalized spacial score (nSPS) is 14.0. The highest BCUT2D eigenvalue weighted by atomic mass is 32.1. The van der Waals surface area contributed by atoms with Crippen LogP contribution in [0.15, 0.2) is 36.4 Å². The summed E-state index contributed by atoms with van der Waals surface area (Å²) < 4.78 is 0. The van der Waals surface area contributed by atoms with E-state index in [0.717, 1.165) is 35.3 Å². The van der Waals surface area contributed by atoms with Crippen molar-refractivity contribution in [2.45, 2.75) is 32.2 Å². The molecule has 5 heteroatoms. The van der Waals surface area contributed by atoms with E-state index in [1.165, 1.54) is 6.07 Å². The molecule has 3 N–H and O–H groups in total. The molecule has 2 rings (SSSR count). The van der Waals surface area contributed by atoms with Crippen molar-refractivity contribution in [3.05, 3.63) is 57.3 Å². The van der Waals surface area contributed by atoms with Crippen LogP contribution in [-0.4, -0.2) is 11.1 Å². The first kappa shape index (κ1) is 17.9. The van der Waals surface area contributed by atoms with E-state index < -0.39 is 5.97 Å². The summed E-state index contributed by atoms with van der Waals surface area (Å²) in [5.74, 6) is -0.981. The predicted molar refractivity (Wildman–Crippen MR) is 97.7 cm³/mol. The van der Waals surface area contributed by atoms with Gasteiger partial charge in [-0.3, -0.25) is 0 Å². The summed E-state index contributed by atoms with van der Waals surface area (Å²) in [5.41, 5.74) is 8.35. The molecule has 1 aromatic heterocycles. The Morgan fingerprint density at radius 1 is 1.29 bits per heavy atom. The molecule has 1 atom stereocenters. The van der Waals surface area contributed by atoms with Crippen molar-refractivity contribution in [2.24, 2.45) is 5.73 Å². The van der Waals surface area contributed by atoms with Crippen LogP contribution in [0, 0.1) is 11.3 Å². The maximum atomic E-state index is 11.0. The summed E-state index contributed by atoms with van der Waals surface area (Å²) in [6.07, 6.45) is 3.67. The van der Waals surface area contributed by atoms with Gasteiger partial charge in [-0.25, -0.2) is 4.79 Å². The van der Waals surface area contributed by atoms with Gasteiger partial charge in [0.15, 0.2) is 0 Å². The Bertz CT molecular complexity index is 796. The Balaban J connectivity index is 2.28. The molecule has 0 saturated carbocycles. The van der Waals surface area contributed by atoms with E-state index in [1.54, 1.807) is 12.1 Å². The molecule has 0 radical (unpaired) electrons. The second kappa shape index (κ2) is 7.43. The zero-order chi connectivity index (χ0) is 17.7. The lowest BCUT2D eigenvalue weighted by Crippen LogP contribution is -2.32. The van der Waals surface area contributed by atoms with Gasteiger partial charge >= 0.3 is 5.97 Å². The molecule has 1 heterocycles. The first-order valence-corrected chi connectivity index (χ1v) is 8.53. The number of aromatic carboxylic acids is 1. The summed E-state index contributed by atoms with van der Waals surface area (Å²) >= 11 is 1.10. The third kappa shape index (κ3) is 4.10. The molecule has 124 valence electrons. The molecular formula is C19H20N2O2S. The highest BCUT2D eigenvalue weighted by Gasteiger charge is 2.19. The van der Waals surface area contributed by atoms with Crippen LogP contribution >= 0.6 is 11.3 Å². The van der Waals surface area contributed by atoms with Crippen LogP contribution in [0.25, 0.3) is 11.6 Å². The number of nitrogens with zero attached hydrogens (tertiary/aromatic N) is 1. The third-order valence-corrected chi connectivity index (χ3v) is 4.96. The van der Waals surface area contributed by atoms with Crippen molar-refractivity contribution < 1.29 is 9.90 Å². The molecule has 0 amide bonds. The van der Waals surface area contributed by atoms with Gasteiger partial charge in [-0.1, -0.05) is 37.6 Å². The maximum absolute atomic E-state index is 11.0. The van der Waals surface area contributed by atoms with E-state index in [2.05, 4.69) is 13.0 Å². The highest BCUT2D eigenvalue weighted by Crippen LogP contribution is 2.27. The molecule has 1 aromatic carbocycles. The quantitative estimate of drug-likeness (QED) is 0.759. The van der Waals surface area contributed by atoms with Crippen molar-refractivity contribution in [3.8, 4) is 6.07 Å². The van der Waals surface area contributed by atoms with E-state index >= 15 is 0 Å². The summed E-state index contributed by atoms with van der Waals surface area (Å²) in [6.45, 7) is 4.12. The number of carboxylic acid groups (broad SMARTS) is 1. The Morgan fingerprint density at radius 2 is 1.92 bits per heavy atom. The predicted octanol–water partition coefficient (Wildman–Crippen LogP) is 4.48. The molecule has 0 saturated heterocycles. The van der Waals surface area contributed by atoms with Crippen molar-refractivity contribution in [3.63, 3.8) is 0 Å². The number of benzene rings is 1. The molecule has 2 aromatic rings. The zero-order valence-electron chi connectivity index (χ0n) is 13.7. The van der Waals surface area contributed by atoms with Crippen LogP contribution in [0.1, 0.15) is 52.4 Å². The minimum absolute atomic E-state index is 0.222. The van der Waals surface area contributed by atoms with Gasteiger partial charge in [0.05, 0.1) is 5.57 Å². The molecule has 24 heavy (non-hydrogen) atoms. The Morgan fingerprint density at radius 3 is 2.42 bits per heavy atom. The Labute approximate surface area is 145 Å². The number of rotatable bonds is 6. The van der Waals surface area contributed by atoms with E-state index in [0.29, 0.717) is 10.5 Å². The maximum Gasteiger partial charge on any atom is 0.345 e. The molecule has 4 nitrogen and oxygen atoms in total. The molecule has 1 unspecified atom stereocenters. The highest BCUT2D eigenvalue weighted by molar-refractivity contribution is 7.15. The van der Waals surface area contributed by atoms with Crippen LogP contribution in [0.3, 0.4) is 0 Å². The topological polar surface area (TPSA) is 87.1 Å². The lowest BCUT2D eigenvalue weighted by atomic mass is 9.88. The second-order valence-electron chi connectivity index (χ2n) is 5.93. The summed E-state index contributed by atoms with van der Waals surface area (Å²) in [6, 6.07) is 13.1. The van der Waals surface area contributed by atoms with Crippen LogP contribution in [0.5, 0.6) is 0 Å². The molecule has 0 fully saturated rings. The van der Waals surface area contributed by atoms with E-state index in [1.807, 2.05) is 31.2 Å². The summed E-state index contributed by atoms with van der Waals surface area (Å²) in [5, 5.41) is 18.4. The number of nitriles is 1. The van der Waals surface area contributed by atoms with Gasteiger partial charge in [0.1, 0.15) is 10.9 Å². The number of carbonyl (C=O) groups is 1. The number of nitrogens with two attached hydrogens (primary N) is 1. The monoisotopic (exact) mass is 340 g/mol. The average molecular weight is 340 g/mol. The van der Waals surface area contributed by atoms with Crippen molar-refractivity contribution in [2.75, 3.05) is 0 Å². The lowest BCUT2D eigenvalue weighted by molar-refractivity contribution is 0.0702. The van der Waals surface area contributed by atoms with Crippen molar-refractivity contribution in [1.82, 2.24) is 0 Å². The first-order valence-electron chi connectivity index (χ1n) is 7.72. The third-order valence-electron chi connectivity index (χ3n) is 3.85. The fraction of sp³-hybridized carbons (Fsp3) is 0.263. The molecular weight excluding hydrogens is 320 g/mol. The van der Waals surface area contributed by atoms with Crippen molar-refractivity contribution in [1.29, 1.82) is 5.26 Å². The molecule has 0 aliphatic heterocycles. The first-order chi connectivity index (χ1) is 11.4. The molecule has 0 aliphatic carbocycles. The zero-order valence-corrected chi connectivity index (χ0v) is 14.6. The van der Waals surface area contributed by atoms with Crippen LogP contribution < -0.4 is 5.73 Å². The Hall–Kier alpha value is -2.42. The standard InChI is InChI=1S/C19H20N2O2S/c1-3-10-19(2,21)15-6-4-13(5-7-15)11-14(12-20)16-8-9-17(24-16)18(22)23/h4-9,11H,3,10,21H2,1-2H3,(H,22,23)/b14-11+. The van der Waals surface area contributed by atoms with Crippen LogP contribution in [0.4, 0.5) is 0 Å². The Kier molecular flexibility index (Phi) is 5.55. The van der Waals surface area contributed by atoms with Gasteiger partial charge in [0.2, 0.25) is 0 Å². The summed E-state index contributed by atoms with van der Waals surface area (Å²) in [7, 11) is 0. The number of allylic oxidation sites excluding steroid dienone is 1. The van der Waals surface area contributed by atoms with Crippen molar-refractivity contribution >= 4 is 29.0 Å². The largest absolute Gasteiger partial charge is 0.477 e. The second-order valence-corrected chi connectivity index (χ2v) is 7.01. The number of thiophene rings is 1. The number of hydrogen-bond acceptors (Lipinski definition) is 4. The minimum Gasteiger partial charge on any atom is -0.477 e. The minimum atomic E-state index is -0.981. The van der Waals surface area contributed by atoms with E-state index in [9.17, 15) is 10.1 Å². The van der Waals surface area contributed by atoms with Crippen LogP contribution in [-0.2, 0) is 5.54 Å². The van der Waals surface area contributed by atoms with Gasteiger partial charge in [0, 0.05) is 10.4 Å². The van der Waals surface area contributed by atoms with Gasteiger partial charge in [0.25, 0.3) is 0 Å². The van der Waals surface area contributed by atoms with Gasteiger partial charge < -0.3 is 10.8 Å². The van der Waals surface area contributed by atoms with E-state index in [4.69, 9.17) is 10.8 Å². The smallest absolute Gasteiger partial charge is 0.345 e. The average Bonchev–Trinajstić information content (AvgIpc) is 3.03.